The number of aryl methyl sites for hydroxylation is 1. The Labute approximate surface area is 221 Å². The number of rotatable bonds is 4. The lowest BCUT2D eigenvalue weighted by Crippen LogP contribution is -2.55. The van der Waals surface area contributed by atoms with Gasteiger partial charge in [-0.3, -0.25) is 0 Å². The number of hydrogen-bond acceptors (Lipinski definition) is 7. The Morgan fingerprint density at radius 1 is 0.944 bits per heavy atom. The molecule has 3 aromatic heterocycles. The Kier molecular flexibility index (Phi) is 13.2. The Hall–Kier alpha value is -2.04. The fourth-order valence-corrected chi connectivity index (χ4v) is 5.52. The largest absolute Gasteiger partial charge is 0.351 e. The predicted octanol–water partition coefficient (Wildman–Crippen LogP) is 2.11. The van der Waals surface area contributed by atoms with Gasteiger partial charge in [-0.1, -0.05) is 33.9 Å². The molecule has 0 spiro atoms. The Balaban J connectivity index is 0.000000549. The molecule has 3 rings (SSSR count). The predicted molar refractivity (Wildman–Crippen MR) is 147 cm³/mol. The van der Waals surface area contributed by atoms with Crippen molar-refractivity contribution >= 4 is 43.7 Å². The molecule has 0 amide bonds. The third-order valence-corrected chi connectivity index (χ3v) is 14.0. The number of H-pyrrole nitrogens is 1. The highest BCUT2D eigenvalue weighted by Crippen LogP contribution is 2.35. The second kappa shape index (κ2) is 14.0. The quantitative estimate of drug-likeness (QED) is 0.367. The van der Waals surface area contributed by atoms with E-state index >= 15 is 0 Å². The number of nitrogens with one attached hydrogen (secondary N) is 1. The minimum absolute atomic E-state index is 0.0396. The summed E-state index contributed by atoms with van der Waals surface area (Å²) in [5.41, 5.74) is 0.698. The molecule has 3 heterocycles. The number of aromatic amines is 1. The summed E-state index contributed by atoms with van der Waals surface area (Å²) in [5, 5.41) is 0.0396. The van der Waals surface area contributed by atoms with Crippen LogP contribution in [0.3, 0.4) is 0 Å². The smallest absolute Gasteiger partial charge is 0.308 e. The van der Waals surface area contributed by atoms with Crippen molar-refractivity contribution in [2.24, 2.45) is 7.05 Å². The van der Waals surface area contributed by atoms with Gasteiger partial charge in [0.1, 0.15) is 13.5 Å². The van der Waals surface area contributed by atoms with E-state index in [4.69, 9.17) is 10.7 Å². The fourth-order valence-electron chi connectivity index (χ4n) is 1.97. The Morgan fingerprint density at radius 2 is 1.50 bits per heavy atom. The molecule has 0 radical (unpaired) electrons. The van der Waals surface area contributed by atoms with E-state index in [0.29, 0.717) is 5.45 Å². The molecule has 206 valence electrons. The van der Waals surface area contributed by atoms with Gasteiger partial charge in [0.25, 0.3) is 9.24 Å². The molecular formula is C20H39ClN8O4S2Si. The van der Waals surface area contributed by atoms with Gasteiger partial charge < -0.3 is 9.55 Å². The molecule has 0 bridgehead atoms. The fraction of sp³-hybridized carbons (Fsp3) is 0.550. The average Bonchev–Trinajstić information content (AvgIpc) is 3.51. The first-order valence-electron chi connectivity index (χ1n) is 10.7. The first-order chi connectivity index (χ1) is 16.3. The molecule has 0 fully saturated rings. The molecule has 1 N–H and O–H groups in total. The van der Waals surface area contributed by atoms with E-state index in [-0.39, 0.29) is 5.04 Å². The van der Waals surface area contributed by atoms with Crippen LogP contribution in [0.2, 0.25) is 18.1 Å². The van der Waals surface area contributed by atoms with Crippen molar-refractivity contribution in [1.82, 2.24) is 37.1 Å². The number of nitrogens with zero attached hydrogens (tertiary/aromatic N) is 7. The van der Waals surface area contributed by atoms with E-state index in [1.807, 2.05) is 17.8 Å². The molecular weight excluding hydrogens is 544 g/mol. The molecule has 0 saturated heterocycles. The molecule has 0 aliphatic heterocycles. The molecule has 16 heteroatoms. The molecule has 0 unspecified atom stereocenters. The van der Waals surface area contributed by atoms with Gasteiger partial charge >= 0.3 is 10.2 Å². The van der Waals surface area contributed by atoms with E-state index in [9.17, 15) is 16.8 Å². The van der Waals surface area contributed by atoms with Gasteiger partial charge in [0.05, 0.1) is 12.7 Å². The molecule has 0 aromatic carbocycles. The van der Waals surface area contributed by atoms with Gasteiger partial charge in [-0.2, -0.15) is 25.4 Å². The summed E-state index contributed by atoms with van der Waals surface area (Å²) in [4.78, 5) is 14.5. The highest BCUT2D eigenvalue weighted by Gasteiger charge is 2.42. The van der Waals surface area contributed by atoms with E-state index in [2.05, 4.69) is 53.8 Å². The summed E-state index contributed by atoms with van der Waals surface area (Å²) in [7, 11) is 3.59. The first-order valence-corrected chi connectivity index (χ1v) is 17.4. The first kappa shape index (κ1) is 34.0. The van der Waals surface area contributed by atoms with Gasteiger partial charge in [-0.25, -0.2) is 18.9 Å². The van der Waals surface area contributed by atoms with Crippen LogP contribution in [-0.2, 0) is 26.5 Å². The van der Waals surface area contributed by atoms with E-state index in [1.165, 1.54) is 42.7 Å². The summed E-state index contributed by atoms with van der Waals surface area (Å²) in [6.45, 7) is 10.7. The second-order valence-corrected chi connectivity index (χ2v) is 19.4. The lowest BCUT2D eigenvalue weighted by atomic mass is 10.2. The van der Waals surface area contributed by atoms with Gasteiger partial charge in [-0.15, -0.1) is 0 Å². The standard InChI is InChI=1S/C11H23N3O2SSi.C4H6N2.C3H4N2.C2H6ClNO2S/c1-11(2,3)18(6,7)10-12-8-9-14(10)17(15,16)13(4)5;1-6-3-2-5-4-6;1-2-5-3-4-1;1-4(2)7(3,5)6/h8-9H,1-7H3;2-4H,1H3;1-3H,(H,4,5);1-2H3. The summed E-state index contributed by atoms with van der Waals surface area (Å²) in [6, 6.07) is 0. The summed E-state index contributed by atoms with van der Waals surface area (Å²) in [5.74, 6) is 0. The van der Waals surface area contributed by atoms with Crippen molar-refractivity contribution in [3.8, 4) is 0 Å². The van der Waals surface area contributed by atoms with Crippen LogP contribution in [0.25, 0.3) is 0 Å². The molecule has 12 nitrogen and oxygen atoms in total. The SMILES string of the molecule is CN(C)S(=O)(=O)Cl.CN(C)S(=O)(=O)n1ccnc1[Si](C)(C)C(C)(C)C.Cn1ccnc1.c1c[nH]cn1. The Bertz CT molecular complexity index is 1190. The zero-order valence-corrected chi connectivity index (χ0v) is 26.0. The van der Waals surface area contributed by atoms with E-state index < -0.39 is 27.5 Å². The number of hydrogen-bond donors (Lipinski definition) is 1. The van der Waals surface area contributed by atoms with Crippen LogP contribution in [0.5, 0.6) is 0 Å². The summed E-state index contributed by atoms with van der Waals surface area (Å²) in [6.07, 6.45) is 13.6. The lowest BCUT2D eigenvalue weighted by Gasteiger charge is -2.36. The average molecular weight is 583 g/mol. The van der Waals surface area contributed by atoms with Crippen LogP contribution >= 0.6 is 10.7 Å². The number of halogens is 1. The van der Waals surface area contributed by atoms with Crippen molar-refractivity contribution in [3.05, 3.63) is 49.8 Å². The van der Waals surface area contributed by atoms with Crippen molar-refractivity contribution in [1.29, 1.82) is 0 Å². The normalized spacial score (nSPS) is 12.1. The van der Waals surface area contributed by atoms with E-state index in [1.54, 1.807) is 37.4 Å². The van der Waals surface area contributed by atoms with Crippen LogP contribution in [0, 0.1) is 0 Å². The zero-order chi connectivity index (χ0) is 28.4. The molecule has 0 atom stereocenters. The van der Waals surface area contributed by atoms with E-state index in [0.717, 1.165) is 4.31 Å². The van der Waals surface area contributed by atoms with Crippen molar-refractivity contribution in [2.45, 2.75) is 38.9 Å². The summed E-state index contributed by atoms with van der Waals surface area (Å²) >= 11 is 0. The second-order valence-electron chi connectivity index (χ2n) is 9.43. The molecule has 0 aliphatic carbocycles. The maximum atomic E-state index is 12.3. The summed E-state index contributed by atoms with van der Waals surface area (Å²) < 4.78 is 49.9. The van der Waals surface area contributed by atoms with Gasteiger partial charge in [-0.05, 0) is 5.04 Å². The Morgan fingerprint density at radius 3 is 1.75 bits per heavy atom. The lowest BCUT2D eigenvalue weighted by molar-refractivity contribution is 0.511. The van der Waals surface area contributed by atoms with Crippen LogP contribution in [0.4, 0.5) is 0 Å². The van der Waals surface area contributed by atoms with Crippen LogP contribution < -0.4 is 5.45 Å². The van der Waals surface area contributed by atoms with Gasteiger partial charge in [0.2, 0.25) is 0 Å². The number of aromatic nitrogens is 6. The van der Waals surface area contributed by atoms with Crippen LogP contribution in [0.1, 0.15) is 20.8 Å². The maximum Gasteiger partial charge on any atom is 0.308 e. The third-order valence-electron chi connectivity index (χ3n) is 5.23. The highest BCUT2D eigenvalue weighted by molar-refractivity contribution is 8.11. The minimum atomic E-state index is -3.49. The van der Waals surface area contributed by atoms with Gasteiger partial charge in [0.15, 0.2) is 0 Å². The van der Waals surface area contributed by atoms with Crippen LogP contribution in [0.15, 0.2) is 49.8 Å². The van der Waals surface area contributed by atoms with Gasteiger partial charge in [0, 0.05) is 83.1 Å². The highest BCUT2D eigenvalue weighted by atomic mass is 35.7. The number of imidazole rings is 3. The molecule has 0 saturated carbocycles. The van der Waals surface area contributed by atoms with Crippen molar-refractivity contribution in [2.75, 3.05) is 28.2 Å². The maximum absolute atomic E-state index is 12.3. The monoisotopic (exact) mass is 582 g/mol. The molecule has 36 heavy (non-hydrogen) atoms. The molecule has 3 aromatic rings. The molecule has 0 aliphatic rings. The topological polar surface area (TPSA) is 139 Å². The zero-order valence-electron chi connectivity index (χ0n) is 22.6. The van der Waals surface area contributed by atoms with Crippen molar-refractivity contribution < 1.29 is 16.8 Å². The van der Waals surface area contributed by atoms with Crippen LogP contribution in [-0.4, -0.2) is 90.2 Å². The minimum Gasteiger partial charge on any atom is -0.351 e. The van der Waals surface area contributed by atoms with Crippen molar-refractivity contribution in [3.63, 3.8) is 0 Å². The third kappa shape index (κ3) is 10.9.